The van der Waals surface area contributed by atoms with E-state index in [9.17, 15) is 9.59 Å². The summed E-state index contributed by atoms with van der Waals surface area (Å²) in [5.74, 6) is 0.212. The van der Waals surface area contributed by atoms with Gasteiger partial charge in [0.1, 0.15) is 12.4 Å². The van der Waals surface area contributed by atoms with Crippen LogP contribution in [-0.2, 0) is 17.9 Å². The van der Waals surface area contributed by atoms with Gasteiger partial charge in [-0.3, -0.25) is 14.5 Å². The molecule has 0 atom stereocenters. The van der Waals surface area contributed by atoms with E-state index >= 15 is 0 Å². The van der Waals surface area contributed by atoms with Crippen LogP contribution in [-0.4, -0.2) is 16.0 Å². The maximum Gasteiger partial charge on any atom is 0.293 e. The number of ether oxygens (including phenoxy) is 1. The zero-order valence-electron chi connectivity index (χ0n) is 16.9. The van der Waals surface area contributed by atoms with Crippen molar-refractivity contribution in [2.45, 2.75) is 13.2 Å². The molecule has 3 aromatic rings. The molecule has 0 aliphatic carbocycles. The lowest BCUT2D eigenvalue weighted by Gasteiger charge is -2.13. The number of benzene rings is 3. The van der Waals surface area contributed by atoms with Gasteiger partial charge in [-0.25, -0.2) is 0 Å². The third-order valence-corrected chi connectivity index (χ3v) is 7.16. The van der Waals surface area contributed by atoms with Crippen LogP contribution in [0, 0.1) is 0 Å². The topological polar surface area (TPSA) is 46.6 Å². The first kappa shape index (κ1) is 24.2. The van der Waals surface area contributed by atoms with Crippen molar-refractivity contribution in [2.24, 2.45) is 0 Å². The molecule has 1 heterocycles. The van der Waals surface area contributed by atoms with E-state index in [1.54, 1.807) is 36.4 Å². The second-order valence-corrected chi connectivity index (χ2v) is 10.3. The lowest BCUT2D eigenvalue weighted by Crippen LogP contribution is -2.27. The van der Waals surface area contributed by atoms with Gasteiger partial charge in [-0.15, -0.1) is 0 Å². The van der Waals surface area contributed by atoms with Crippen LogP contribution >= 0.6 is 62.5 Å². The van der Waals surface area contributed by atoms with Gasteiger partial charge < -0.3 is 4.74 Å². The number of rotatable bonds is 6. The first-order valence-electron chi connectivity index (χ1n) is 9.66. The highest BCUT2D eigenvalue weighted by atomic mass is 79.9. The summed E-state index contributed by atoms with van der Waals surface area (Å²) in [4.78, 5) is 27.0. The van der Waals surface area contributed by atoms with Gasteiger partial charge in [-0.05, 0) is 71.4 Å². The van der Waals surface area contributed by atoms with Gasteiger partial charge >= 0.3 is 0 Å². The lowest BCUT2D eigenvalue weighted by atomic mass is 10.1. The molecule has 33 heavy (non-hydrogen) atoms. The van der Waals surface area contributed by atoms with Crippen LogP contribution in [0.5, 0.6) is 5.75 Å². The third-order valence-electron chi connectivity index (χ3n) is 4.76. The number of carbonyl (C=O) groups excluding carboxylic acids is 2. The molecule has 1 saturated heterocycles. The minimum absolute atomic E-state index is 0.108. The van der Waals surface area contributed by atoms with Gasteiger partial charge in [0.25, 0.3) is 11.1 Å². The number of halogens is 4. The molecule has 1 aliphatic rings. The highest BCUT2D eigenvalue weighted by Crippen LogP contribution is 2.36. The summed E-state index contributed by atoms with van der Waals surface area (Å²) in [6.45, 7) is 0.440. The van der Waals surface area contributed by atoms with Crippen LogP contribution in [0.2, 0.25) is 15.1 Å². The lowest BCUT2D eigenvalue weighted by molar-refractivity contribution is -0.123. The summed E-state index contributed by atoms with van der Waals surface area (Å²) in [6.07, 6.45) is 1.67. The molecule has 2 amide bonds. The number of carbonyl (C=O) groups is 2. The molecule has 4 rings (SSSR count). The quantitative estimate of drug-likeness (QED) is 0.274. The van der Waals surface area contributed by atoms with E-state index in [0.29, 0.717) is 43.5 Å². The molecule has 9 heteroatoms. The standard InChI is InChI=1S/C24H15BrCl3NO3S/c25-17-4-8-21(32-13-14-1-5-18(26)6-2-14)16(10-17)11-22-23(30)29(24(31)33-22)12-15-3-7-19(27)20(28)9-15/h1-11H,12-13H2/b22-11-. The van der Waals surface area contributed by atoms with Crippen molar-refractivity contribution in [1.29, 1.82) is 0 Å². The molecule has 0 bridgehead atoms. The fourth-order valence-corrected chi connectivity index (χ4v) is 4.76. The molecular formula is C24H15BrCl3NO3S. The van der Waals surface area contributed by atoms with Crippen molar-refractivity contribution in [3.8, 4) is 5.75 Å². The SMILES string of the molecule is O=C1S/C(=C\c2cc(Br)ccc2OCc2ccc(Cl)cc2)C(=O)N1Cc1ccc(Cl)c(Cl)c1. The van der Waals surface area contributed by atoms with E-state index in [0.717, 1.165) is 21.8 Å². The molecule has 1 fully saturated rings. The summed E-state index contributed by atoms with van der Waals surface area (Å²) in [5, 5.41) is 1.08. The summed E-state index contributed by atoms with van der Waals surface area (Å²) in [5.41, 5.74) is 2.34. The minimum atomic E-state index is -0.375. The Morgan fingerprint density at radius 1 is 0.909 bits per heavy atom. The van der Waals surface area contributed by atoms with Crippen molar-refractivity contribution in [3.05, 3.63) is 102 Å². The van der Waals surface area contributed by atoms with Gasteiger partial charge in [0.15, 0.2) is 0 Å². The molecule has 3 aromatic carbocycles. The first-order valence-corrected chi connectivity index (χ1v) is 12.4. The van der Waals surface area contributed by atoms with Crippen LogP contribution in [0.15, 0.2) is 70.0 Å². The fourth-order valence-electron chi connectivity index (χ4n) is 3.10. The Morgan fingerprint density at radius 3 is 2.36 bits per heavy atom. The van der Waals surface area contributed by atoms with E-state index < -0.39 is 0 Å². The zero-order chi connectivity index (χ0) is 23.5. The summed E-state index contributed by atoms with van der Waals surface area (Å²) < 4.78 is 6.80. The maximum atomic E-state index is 13.0. The average molecular weight is 584 g/mol. The van der Waals surface area contributed by atoms with Crippen LogP contribution in [0.25, 0.3) is 6.08 Å². The van der Waals surface area contributed by atoms with Crippen molar-refractivity contribution in [1.82, 2.24) is 4.90 Å². The molecule has 4 nitrogen and oxygen atoms in total. The Hall–Kier alpha value is -1.96. The summed E-state index contributed by atoms with van der Waals surface area (Å²) >= 11 is 22.3. The van der Waals surface area contributed by atoms with Crippen molar-refractivity contribution >= 4 is 79.7 Å². The Morgan fingerprint density at radius 2 is 1.64 bits per heavy atom. The largest absolute Gasteiger partial charge is 0.488 e. The third kappa shape index (κ3) is 5.94. The van der Waals surface area contributed by atoms with Gasteiger partial charge in [-0.1, -0.05) is 68.9 Å². The zero-order valence-corrected chi connectivity index (χ0v) is 21.5. The minimum Gasteiger partial charge on any atom is -0.488 e. The molecule has 0 N–H and O–H groups in total. The van der Waals surface area contributed by atoms with E-state index in [2.05, 4.69) is 15.9 Å². The van der Waals surface area contributed by atoms with Crippen LogP contribution in [0.4, 0.5) is 4.79 Å². The number of hydrogen-bond donors (Lipinski definition) is 0. The molecule has 0 radical (unpaired) electrons. The molecular weight excluding hydrogens is 569 g/mol. The molecule has 0 aromatic heterocycles. The van der Waals surface area contributed by atoms with Crippen LogP contribution in [0.3, 0.4) is 0 Å². The van der Waals surface area contributed by atoms with E-state index in [4.69, 9.17) is 39.5 Å². The Balaban J connectivity index is 1.54. The van der Waals surface area contributed by atoms with Crippen molar-refractivity contribution in [3.63, 3.8) is 0 Å². The number of hydrogen-bond acceptors (Lipinski definition) is 4. The van der Waals surface area contributed by atoms with Gasteiger partial charge in [0.05, 0.1) is 21.5 Å². The fraction of sp³-hybridized carbons (Fsp3) is 0.0833. The molecule has 0 saturated carbocycles. The molecule has 0 unspecified atom stereocenters. The van der Waals surface area contributed by atoms with Crippen molar-refractivity contribution in [2.75, 3.05) is 0 Å². The number of imide groups is 1. The Bertz CT molecular complexity index is 1260. The van der Waals surface area contributed by atoms with E-state index in [1.807, 2.05) is 30.3 Å². The Kier molecular flexibility index (Phi) is 7.72. The predicted octanol–water partition coefficient (Wildman–Crippen LogP) is 8.22. The highest BCUT2D eigenvalue weighted by molar-refractivity contribution is 9.10. The normalized spacial score (nSPS) is 14.9. The van der Waals surface area contributed by atoms with Crippen LogP contribution in [0.1, 0.15) is 16.7 Å². The summed E-state index contributed by atoms with van der Waals surface area (Å²) in [7, 11) is 0. The average Bonchev–Trinajstić information content (AvgIpc) is 3.04. The molecule has 0 spiro atoms. The van der Waals surface area contributed by atoms with Gasteiger partial charge in [0, 0.05) is 15.1 Å². The number of nitrogens with zero attached hydrogens (tertiary/aromatic N) is 1. The second kappa shape index (κ2) is 10.5. The Labute approximate surface area is 218 Å². The molecule has 1 aliphatic heterocycles. The monoisotopic (exact) mass is 581 g/mol. The van der Waals surface area contributed by atoms with Gasteiger partial charge in [0.2, 0.25) is 0 Å². The van der Waals surface area contributed by atoms with Crippen LogP contribution < -0.4 is 4.74 Å². The summed E-state index contributed by atoms with van der Waals surface area (Å²) in [6, 6.07) is 17.9. The predicted molar refractivity (Wildman–Crippen MR) is 138 cm³/mol. The van der Waals surface area contributed by atoms with Gasteiger partial charge in [-0.2, -0.15) is 0 Å². The number of amides is 2. The first-order chi connectivity index (χ1) is 15.8. The highest BCUT2D eigenvalue weighted by Gasteiger charge is 2.35. The van der Waals surface area contributed by atoms with Crippen molar-refractivity contribution < 1.29 is 14.3 Å². The van der Waals surface area contributed by atoms with E-state index in [-0.39, 0.29) is 17.7 Å². The maximum absolute atomic E-state index is 13.0. The number of thioether (sulfide) groups is 1. The smallest absolute Gasteiger partial charge is 0.293 e. The van der Waals surface area contributed by atoms with E-state index in [1.165, 1.54) is 4.90 Å². The second-order valence-electron chi connectivity index (χ2n) is 7.11. The molecule has 168 valence electrons.